The van der Waals surface area contributed by atoms with E-state index >= 15 is 0 Å². The van der Waals surface area contributed by atoms with Crippen LogP contribution in [0.2, 0.25) is 0 Å². The number of aromatic amines is 1. The number of aromatic nitrogens is 1. The van der Waals surface area contributed by atoms with Crippen molar-refractivity contribution in [2.24, 2.45) is 11.8 Å². The lowest BCUT2D eigenvalue weighted by Gasteiger charge is -2.15. The molecule has 0 aliphatic carbocycles. The maximum Gasteiger partial charge on any atom is 0.267 e. The zero-order valence-electron chi connectivity index (χ0n) is 10.5. The Labute approximate surface area is 111 Å². The number of carbonyl (C=O) groups excluding carboxylic acids is 1. The first-order chi connectivity index (χ1) is 8.21. The van der Waals surface area contributed by atoms with Gasteiger partial charge in [-0.15, -0.1) is 0 Å². The van der Waals surface area contributed by atoms with Crippen LogP contribution in [0.3, 0.4) is 0 Å². The summed E-state index contributed by atoms with van der Waals surface area (Å²) in [5.41, 5.74) is 0.185. The predicted molar refractivity (Wildman–Crippen MR) is 70.2 cm³/mol. The van der Waals surface area contributed by atoms with Crippen molar-refractivity contribution in [1.29, 1.82) is 0 Å². The first-order valence-electron chi connectivity index (χ1n) is 5.63. The number of amides is 1. The van der Waals surface area contributed by atoms with E-state index in [9.17, 15) is 13.2 Å². The second-order valence-corrected chi connectivity index (χ2v) is 7.18. The first kappa shape index (κ1) is 15.0. The van der Waals surface area contributed by atoms with Gasteiger partial charge < -0.3 is 10.3 Å². The fourth-order valence-corrected chi connectivity index (χ4v) is 1.96. The Kier molecular flexibility index (Phi) is 4.81. The number of H-pyrrole nitrogens is 1. The van der Waals surface area contributed by atoms with Crippen molar-refractivity contribution in [2.45, 2.75) is 25.7 Å². The van der Waals surface area contributed by atoms with Crippen LogP contribution >= 0.6 is 10.7 Å². The van der Waals surface area contributed by atoms with E-state index in [1.54, 1.807) is 0 Å². The quantitative estimate of drug-likeness (QED) is 0.814. The van der Waals surface area contributed by atoms with Crippen LogP contribution in [0.15, 0.2) is 17.2 Å². The third kappa shape index (κ3) is 4.03. The minimum Gasteiger partial charge on any atom is -0.356 e. The fraction of sp³-hybridized carbons (Fsp3) is 0.545. The third-order valence-electron chi connectivity index (χ3n) is 2.91. The average Bonchev–Trinajstić information content (AvgIpc) is 2.73. The summed E-state index contributed by atoms with van der Waals surface area (Å²) in [4.78, 5) is 14.2. The highest BCUT2D eigenvalue weighted by Crippen LogP contribution is 2.15. The van der Waals surface area contributed by atoms with Crippen molar-refractivity contribution in [3.05, 3.63) is 18.0 Å². The van der Waals surface area contributed by atoms with Crippen molar-refractivity contribution in [3.63, 3.8) is 0 Å². The SMILES string of the molecule is CC(C)C(C)CNC(=O)c1cc(S(=O)(=O)Cl)c[nH]1. The second kappa shape index (κ2) is 5.75. The second-order valence-electron chi connectivity index (χ2n) is 4.62. The van der Waals surface area contributed by atoms with Crippen LogP contribution in [0, 0.1) is 11.8 Å². The molecule has 0 fully saturated rings. The van der Waals surface area contributed by atoms with Gasteiger partial charge in [-0.3, -0.25) is 4.79 Å². The largest absolute Gasteiger partial charge is 0.356 e. The molecular weight excluding hydrogens is 276 g/mol. The highest BCUT2D eigenvalue weighted by atomic mass is 35.7. The van der Waals surface area contributed by atoms with E-state index < -0.39 is 9.05 Å². The first-order valence-corrected chi connectivity index (χ1v) is 7.94. The molecule has 0 bridgehead atoms. The van der Waals surface area contributed by atoms with E-state index in [0.29, 0.717) is 18.4 Å². The van der Waals surface area contributed by atoms with Gasteiger partial charge in [-0.1, -0.05) is 20.8 Å². The maximum atomic E-state index is 11.7. The van der Waals surface area contributed by atoms with Crippen LogP contribution in [-0.4, -0.2) is 25.9 Å². The number of halogens is 1. The Morgan fingerprint density at radius 3 is 2.50 bits per heavy atom. The zero-order valence-corrected chi connectivity index (χ0v) is 12.1. The van der Waals surface area contributed by atoms with Crippen LogP contribution < -0.4 is 5.32 Å². The van der Waals surface area contributed by atoms with Gasteiger partial charge in [0.2, 0.25) is 0 Å². The standard InChI is InChI=1S/C11H17ClN2O3S/c1-7(2)8(3)5-14-11(15)10-4-9(6-13-10)18(12,16)17/h4,6-8,13H,5H2,1-3H3,(H,14,15). The Morgan fingerprint density at radius 1 is 1.44 bits per heavy atom. The summed E-state index contributed by atoms with van der Waals surface area (Å²) < 4.78 is 22.1. The van der Waals surface area contributed by atoms with Gasteiger partial charge in [0.1, 0.15) is 10.6 Å². The zero-order chi connectivity index (χ0) is 13.9. The fourth-order valence-electron chi connectivity index (χ4n) is 1.23. The van der Waals surface area contributed by atoms with E-state index in [1.165, 1.54) is 12.3 Å². The Balaban J connectivity index is 2.66. The lowest BCUT2D eigenvalue weighted by molar-refractivity contribution is 0.0940. The molecule has 0 aliphatic rings. The van der Waals surface area contributed by atoms with Crippen molar-refractivity contribution in [1.82, 2.24) is 10.3 Å². The molecule has 1 aromatic rings. The van der Waals surface area contributed by atoms with E-state index in [2.05, 4.69) is 24.1 Å². The molecule has 0 aromatic carbocycles. The molecule has 0 aliphatic heterocycles. The molecule has 1 heterocycles. The summed E-state index contributed by atoms with van der Waals surface area (Å²) >= 11 is 0. The van der Waals surface area contributed by atoms with Crippen LogP contribution in [0.25, 0.3) is 0 Å². The molecule has 1 atom stereocenters. The van der Waals surface area contributed by atoms with Gasteiger partial charge in [-0.25, -0.2) is 8.42 Å². The molecule has 1 aromatic heterocycles. The van der Waals surface area contributed by atoms with Crippen LogP contribution in [-0.2, 0) is 9.05 Å². The molecule has 102 valence electrons. The van der Waals surface area contributed by atoms with Crippen LogP contribution in [0.1, 0.15) is 31.3 Å². The molecule has 0 saturated carbocycles. The van der Waals surface area contributed by atoms with Gasteiger partial charge in [-0.2, -0.15) is 0 Å². The number of carbonyl (C=O) groups is 1. The Morgan fingerprint density at radius 2 is 2.06 bits per heavy atom. The molecule has 7 heteroatoms. The summed E-state index contributed by atoms with van der Waals surface area (Å²) in [6.45, 7) is 6.72. The average molecular weight is 293 g/mol. The molecule has 1 amide bonds. The van der Waals surface area contributed by atoms with E-state index in [0.717, 1.165) is 0 Å². The van der Waals surface area contributed by atoms with Gasteiger partial charge in [-0.05, 0) is 17.9 Å². The minimum absolute atomic E-state index is 0.105. The van der Waals surface area contributed by atoms with Crippen molar-refractivity contribution in [3.8, 4) is 0 Å². The molecule has 18 heavy (non-hydrogen) atoms. The number of rotatable bonds is 5. The Hall–Kier alpha value is -1.01. The predicted octanol–water partition coefficient (Wildman–Crippen LogP) is 1.96. The van der Waals surface area contributed by atoms with Gasteiger partial charge in [0.15, 0.2) is 0 Å². The molecule has 0 spiro atoms. The molecule has 1 rings (SSSR count). The topological polar surface area (TPSA) is 79.0 Å². The smallest absolute Gasteiger partial charge is 0.267 e. The van der Waals surface area contributed by atoms with Crippen molar-refractivity contribution >= 4 is 25.6 Å². The monoisotopic (exact) mass is 292 g/mol. The molecule has 0 radical (unpaired) electrons. The molecule has 2 N–H and O–H groups in total. The van der Waals surface area contributed by atoms with Crippen LogP contribution in [0.5, 0.6) is 0 Å². The maximum absolute atomic E-state index is 11.7. The van der Waals surface area contributed by atoms with E-state index in [4.69, 9.17) is 10.7 Å². The molecule has 1 unspecified atom stereocenters. The van der Waals surface area contributed by atoms with Gasteiger partial charge in [0.05, 0.1) is 0 Å². The van der Waals surface area contributed by atoms with Gasteiger partial charge in [0.25, 0.3) is 15.0 Å². The summed E-state index contributed by atoms with van der Waals surface area (Å²) in [7, 11) is 1.37. The number of hydrogen-bond acceptors (Lipinski definition) is 3. The summed E-state index contributed by atoms with van der Waals surface area (Å²) in [6.07, 6.45) is 1.20. The lowest BCUT2D eigenvalue weighted by Crippen LogP contribution is -2.30. The molecule has 5 nitrogen and oxygen atoms in total. The third-order valence-corrected chi connectivity index (χ3v) is 4.24. The normalized spacial score (nSPS) is 13.6. The van der Waals surface area contributed by atoms with Crippen molar-refractivity contribution < 1.29 is 13.2 Å². The Bertz CT molecular complexity index is 522. The summed E-state index contributed by atoms with van der Waals surface area (Å²) in [6, 6.07) is 1.22. The minimum atomic E-state index is -3.80. The molecule has 0 saturated heterocycles. The van der Waals surface area contributed by atoms with Gasteiger partial charge >= 0.3 is 0 Å². The highest BCUT2D eigenvalue weighted by Gasteiger charge is 2.16. The van der Waals surface area contributed by atoms with Gasteiger partial charge in [0, 0.05) is 23.4 Å². The van der Waals surface area contributed by atoms with Crippen molar-refractivity contribution in [2.75, 3.05) is 6.54 Å². The summed E-state index contributed by atoms with van der Waals surface area (Å²) in [5, 5.41) is 2.74. The summed E-state index contributed by atoms with van der Waals surface area (Å²) in [5.74, 6) is 0.474. The number of hydrogen-bond donors (Lipinski definition) is 2. The van der Waals surface area contributed by atoms with E-state index in [-0.39, 0.29) is 16.5 Å². The van der Waals surface area contributed by atoms with E-state index in [1.807, 2.05) is 6.92 Å². The molecular formula is C11H17ClN2O3S. The van der Waals surface area contributed by atoms with Crippen LogP contribution in [0.4, 0.5) is 0 Å². The number of nitrogens with one attached hydrogen (secondary N) is 2. The highest BCUT2D eigenvalue weighted by molar-refractivity contribution is 8.13. The lowest BCUT2D eigenvalue weighted by atomic mass is 9.98.